The second-order valence-corrected chi connectivity index (χ2v) is 23.1. The minimum atomic E-state index is -1.34. The lowest BCUT2D eigenvalue weighted by atomic mass is 9.96. The average Bonchev–Trinajstić information content (AvgIpc) is 2.59. The Kier molecular flexibility index (Phi) is 33.5. The monoisotopic (exact) mass is 1210 g/mol. The maximum atomic E-state index is 15.0. The summed E-state index contributed by atoms with van der Waals surface area (Å²) in [5.74, 6) is -5.27. The number of amides is 7. The molecule has 0 aliphatic heterocycles. The van der Waals surface area contributed by atoms with Crippen molar-refractivity contribution in [1.82, 2.24) is 41.9 Å². The molecule has 0 spiro atoms. The summed E-state index contributed by atoms with van der Waals surface area (Å²) in [5, 5.41) is 18.8. The van der Waals surface area contributed by atoms with E-state index < -0.39 is 77.6 Å². The van der Waals surface area contributed by atoms with E-state index >= 15 is 4.79 Å². The van der Waals surface area contributed by atoms with E-state index in [-0.39, 0.29) is 75.9 Å². The van der Waals surface area contributed by atoms with E-state index in [9.17, 15) is 28.8 Å². The molecule has 2 aromatic carbocycles. The fourth-order valence-electron chi connectivity index (χ4n) is 10.7. The first kappa shape index (κ1) is 71.8. The van der Waals surface area contributed by atoms with Crippen molar-refractivity contribution in [1.29, 1.82) is 0 Å². The molecular formula is C64H104N16O7. The first-order valence-corrected chi connectivity index (χ1v) is 32.0. The Morgan fingerprint density at radius 2 is 0.862 bits per heavy atom. The summed E-state index contributed by atoms with van der Waals surface area (Å²) in [6, 6.07) is 7.71. The van der Waals surface area contributed by atoms with Crippen molar-refractivity contribution in [3.8, 4) is 0 Å². The van der Waals surface area contributed by atoms with Gasteiger partial charge in [0, 0.05) is 66.6 Å². The Bertz CT molecular complexity index is 2790. The highest BCUT2D eigenvalue weighted by Gasteiger charge is 2.36. The molecule has 0 aliphatic carbocycles. The number of nitrogens with two attached hydrogens (primary N) is 6. The van der Waals surface area contributed by atoms with Gasteiger partial charge in [-0.15, -0.1) is 0 Å². The van der Waals surface area contributed by atoms with Crippen LogP contribution in [0.5, 0.6) is 0 Å². The van der Waals surface area contributed by atoms with Gasteiger partial charge in [-0.3, -0.25) is 43.5 Å². The van der Waals surface area contributed by atoms with Crippen LogP contribution >= 0.6 is 0 Å². The highest BCUT2D eigenvalue weighted by molar-refractivity contribution is 5.98. The fourth-order valence-corrected chi connectivity index (χ4v) is 10.7. The number of nitrogens with zero attached hydrogens (tertiary/aromatic N) is 2. The maximum Gasteiger partial charge on any atom is 0.243 e. The van der Waals surface area contributed by atoms with Gasteiger partial charge in [-0.05, 0) is 87.1 Å². The van der Waals surface area contributed by atoms with Gasteiger partial charge in [0.15, 0.2) is 11.9 Å². The average molecular weight is 1210 g/mol. The molecule has 20 N–H and O–H groups in total. The van der Waals surface area contributed by atoms with Crippen molar-refractivity contribution in [2.24, 2.45) is 50.3 Å². The molecule has 0 bridgehead atoms. The van der Waals surface area contributed by atoms with Crippen molar-refractivity contribution >= 4 is 75.1 Å². The zero-order chi connectivity index (χ0) is 63.3. The standard InChI is InChI=1S/C64H104N16O7/c1-4-6-7-8-9-10-11-12-13-14-15-16-17-18-19-35-55(81)75-51(32-24-25-36-65)58(83)77-52(34-27-38-72-64(69)70)59(84)80-56(43(3)5-2)62(87)79-54(40-45-42-74-49-31-23-21-29-47(45)49)61(86)78-53(39-44-41-73-48-30-22-20-28-46(44)48)60(85)76-50(57(66)82)33-26-37-71-63(67)68/h20-23,28-31,41-43,50-54,56,73-74H,4-19,24-27,32-40,65H2,1-3H3,(H2,66,82)(H,75,81)(H,76,85)(H,77,83)(H,78,86)(H,79,87)(H,80,84)(H4,67,68,71)(H4,69,70,72)/t43-,50-,51-,52-,53-,54-,56-/m0/s1. The number of fused-ring (bicyclic) bond motifs is 2. The number of carbonyl (C=O) groups excluding carboxylic acids is 7. The van der Waals surface area contributed by atoms with E-state index in [0.717, 1.165) is 41.1 Å². The first-order valence-electron chi connectivity index (χ1n) is 32.0. The number of aromatic amines is 2. The topological polar surface area (TPSA) is 404 Å². The highest BCUT2D eigenvalue weighted by Crippen LogP contribution is 2.23. The number of hydrogen-bond donors (Lipinski definition) is 14. The van der Waals surface area contributed by atoms with Crippen molar-refractivity contribution in [2.45, 2.75) is 224 Å². The van der Waals surface area contributed by atoms with Crippen LogP contribution < -0.4 is 66.3 Å². The van der Waals surface area contributed by atoms with E-state index in [1.807, 2.05) is 55.5 Å². The number of rotatable bonds is 46. The molecule has 4 rings (SSSR count). The van der Waals surface area contributed by atoms with Gasteiger partial charge in [-0.25, -0.2) is 0 Å². The van der Waals surface area contributed by atoms with E-state index in [1.54, 1.807) is 19.3 Å². The number of aromatic nitrogens is 2. The van der Waals surface area contributed by atoms with Crippen LogP contribution in [0.3, 0.4) is 0 Å². The molecule has 23 heteroatoms. The third kappa shape index (κ3) is 26.9. The molecule has 7 atom stereocenters. The predicted octanol–water partition coefficient (Wildman–Crippen LogP) is 5.37. The number of benzene rings is 2. The summed E-state index contributed by atoms with van der Waals surface area (Å²) in [7, 11) is 0. The predicted molar refractivity (Wildman–Crippen MR) is 347 cm³/mol. The number of nitrogens with one attached hydrogen (secondary N) is 8. The van der Waals surface area contributed by atoms with Crippen LogP contribution in [0.4, 0.5) is 0 Å². The number of unbranched alkanes of at least 4 members (excludes halogenated alkanes) is 15. The zero-order valence-electron chi connectivity index (χ0n) is 52.0. The molecule has 482 valence electrons. The van der Waals surface area contributed by atoms with Crippen LogP contribution in [0.15, 0.2) is 70.9 Å². The number of hydrogen-bond acceptors (Lipinski definition) is 10. The highest BCUT2D eigenvalue weighted by atomic mass is 16.2. The SMILES string of the molecule is CCCCCCCCCCCCCCCCCC(=O)N[C@@H](CCCCN)C(=O)N[C@@H](CCCN=C(N)N)C(=O)N[C@H](C(=O)N[C@@H](Cc1c[nH]c2ccccc12)C(=O)N[C@@H](Cc1c[nH]c2ccccc12)C(=O)N[C@@H](CCCN=C(N)N)C(N)=O)[C@@H](C)CC. The number of para-hydroxylation sites is 2. The molecule has 7 amide bonds. The number of guanidine groups is 2. The molecule has 0 fully saturated rings. The van der Waals surface area contributed by atoms with E-state index in [2.05, 4.69) is 58.8 Å². The smallest absolute Gasteiger partial charge is 0.243 e. The minimum absolute atomic E-state index is 0.0340. The molecule has 2 aromatic heterocycles. The summed E-state index contributed by atoms with van der Waals surface area (Å²) in [6.45, 7) is 6.58. The van der Waals surface area contributed by atoms with Crippen molar-refractivity contribution in [2.75, 3.05) is 19.6 Å². The van der Waals surface area contributed by atoms with Crippen LogP contribution in [0, 0.1) is 5.92 Å². The van der Waals surface area contributed by atoms with Gasteiger partial charge >= 0.3 is 0 Å². The summed E-state index contributed by atoms with van der Waals surface area (Å²) in [6.07, 6.45) is 24.2. The van der Waals surface area contributed by atoms with Gasteiger partial charge in [0.05, 0.1) is 0 Å². The van der Waals surface area contributed by atoms with Gasteiger partial charge in [0.2, 0.25) is 41.4 Å². The Balaban J connectivity index is 1.54. The minimum Gasteiger partial charge on any atom is -0.370 e. The number of carbonyl (C=O) groups is 7. The lowest BCUT2D eigenvalue weighted by Gasteiger charge is -2.29. The second kappa shape index (κ2) is 40.6. The number of H-pyrrole nitrogens is 2. The number of primary amides is 1. The van der Waals surface area contributed by atoms with Crippen molar-refractivity contribution in [3.05, 3.63) is 72.1 Å². The van der Waals surface area contributed by atoms with E-state index in [1.165, 1.54) is 70.6 Å². The van der Waals surface area contributed by atoms with E-state index in [0.29, 0.717) is 49.8 Å². The molecule has 2 heterocycles. The second-order valence-electron chi connectivity index (χ2n) is 23.1. The summed E-state index contributed by atoms with van der Waals surface area (Å²) in [4.78, 5) is 114. The lowest BCUT2D eigenvalue weighted by Crippen LogP contribution is -2.61. The zero-order valence-corrected chi connectivity index (χ0v) is 52.0. The lowest BCUT2D eigenvalue weighted by molar-refractivity contribution is -0.136. The van der Waals surface area contributed by atoms with Gasteiger partial charge in [-0.1, -0.05) is 153 Å². The van der Waals surface area contributed by atoms with Crippen LogP contribution in [0.25, 0.3) is 21.8 Å². The summed E-state index contributed by atoms with van der Waals surface area (Å²) >= 11 is 0. The van der Waals surface area contributed by atoms with Gasteiger partial charge in [0.25, 0.3) is 0 Å². The molecule has 87 heavy (non-hydrogen) atoms. The molecular weight excluding hydrogens is 1100 g/mol. The molecule has 0 radical (unpaired) electrons. The van der Waals surface area contributed by atoms with Crippen LogP contribution in [-0.4, -0.2) is 119 Å². The Hall–Kier alpha value is -7.69. The molecule has 0 saturated heterocycles. The van der Waals surface area contributed by atoms with Crippen LogP contribution in [-0.2, 0) is 46.4 Å². The Labute approximate surface area is 514 Å². The van der Waals surface area contributed by atoms with Crippen molar-refractivity contribution < 1.29 is 33.6 Å². The van der Waals surface area contributed by atoms with Gasteiger partial charge in [0.1, 0.15) is 36.3 Å². The molecule has 23 nitrogen and oxygen atoms in total. The van der Waals surface area contributed by atoms with E-state index in [4.69, 9.17) is 34.4 Å². The molecule has 0 saturated carbocycles. The third-order valence-corrected chi connectivity index (χ3v) is 16.0. The first-order chi connectivity index (χ1) is 41.9. The summed E-state index contributed by atoms with van der Waals surface area (Å²) < 4.78 is 0. The third-order valence-electron chi connectivity index (χ3n) is 16.0. The van der Waals surface area contributed by atoms with Crippen LogP contribution in [0.1, 0.15) is 186 Å². The normalized spacial score (nSPS) is 13.7. The molecule has 4 aromatic rings. The Morgan fingerprint density at radius 1 is 0.460 bits per heavy atom. The van der Waals surface area contributed by atoms with Crippen LogP contribution in [0.2, 0.25) is 0 Å². The quantitative estimate of drug-likeness (QED) is 0.0151. The van der Waals surface area contributed by atoms with Gasteiger partial charge in [-0.2, -0.15) is 0 Å². The Morgan fingerprint density at radius 3 is 1.33 bits per heavy atom. The molecule has 0 aliphatic rings. The number of aliphatic imine (C=N–C) groups is 2. The maximum absolute atomic E-state index is 15.0. The van der Waals surface area contributed by atoms with Crippen molar-refractivity contribution in [3.63, 3.8) is 0 Å². The summed E-state index contributed by atoms with van der Waals surface area (Å²) in [5.41, 5.74) is 36.8. The van der Waals surface area contributed by atoms with Gasteiger partial charge < -0.3 is 76.3 Å². The molecule has 0 unspecified atom stereocenters. The largest absolute Gasteiger partial charge is 0.370 e. The fraction of sp³-hybridized carbons (Fsp3) is 0.609.